The molecule has 9 heteroatoms. The monoisotopic (exact) mass is 447 g/mol. The number of imidazole rings is 1. The van der Waals surface area contributed by atoms with Gasteiger partial charge >= 0.3 is 0 Å². The van der Waals surface area contributed by atoms with Gasteiger partial charge in [0.05, 0.1) is 22.9 Å². The zero-order valence-corrected chi connectivity index (χ0v) is 18.7. The minimum absolute atomic E-state index is 0.635. The first-order valence-electron chi connectivity index (χ1n) is 10.8. The van der Waals surface area contributed by atoms with Crippen molar-refractivity contribution in [1.29, 1.82) is 0 Å². The van der Waals surface area contributed by atoms with Crippen LogP contribution in [-0.2, 0) is 6.54 Å². The number of aromatic nitrogens is 8. The van der Waals surface area contributed by atoms with Crippen LogP contribution in [0.2, 0.25) is 0 Å². The lowest BCUT2D eigenvalue weighted by Gasteiger charge is -2.10. The molecule has 0 atom stereocenters. The predicted molar refractivity (Wildman–Crippen MR) is 131 cm³/mol. The molecule has 0 fully saturated rings. The highest BCUT2D eigenvalue weighted by atomic mass is 15.1. The fourth-order valence-electron chi connectivity index (χ4n) is 4.13. The third-order valence-electron chi connectivity index (χ3n) is 5.64. The number of H-pyrrole nitrogens is 2. The van der Waals surface area contributed by atoms with Crippen LogP contribution in [0.25, 0.3) is 56.0 Å². The lowest BCUT2D eigenvalue weighted by atomic mass is 10.1. The molecule has 0 aliphatic heterocycles. The first-order valence-corrected chi connectivity index (χ1v) is 10.8. The first-order chi connectivity index (χ1) is 16.7. The second-order valence-corrected chi connectivity index (χ2v) is 8.39. The molecule has 6 rings (SSSR count). The van der Waals surface area contributed by atoms with E-state index in [0.29, 0.717) is 11.5 Å². The summed E-state index contributed by atoms with van der Waals surface area (Å²) in [7, 11) is 4.08. The van der Waals surface area contributed by atoms with E-state index in [0.717, 1.165) is 56.6 Å². The van der Waals surface area contributed by atoms with E-state index >= 15 is 0 Å². The van der Waals surface area contributed by atoms with Crippen LogP contribution in [0.15, 0.2) is 67.5 Å². The molecule has 0 aliphatic rings. The SMILES string of the molecule is CN(C)Cc1cncc(-c2cc3c(-c4nc5nccc(-c6ccncc6)c5[nH]4)n[nH]c3cn2)c1. The van der Waals surface area contributed by atoms with Gasteiger partial charge in [0.2, 0.25) is 0 Å². The quantitative estimate of drug-likeness (QED) is 0.409. The van der Waals surface area contributed by atoms with Crippen molar-refractivity contribution in [2.45, 2.75) is 6.54 Å². The summed E-state index contributed by atoms with van der Waals surface area (Å²) in [5.41, 5.74) is 8.01. The van der Waals surface area contributed by atoms with Crippen LogP contribution < -0.4 is 0 Å². The molecule has 2 N–H and O–H groups in total. The van der Waals surface area contributed by atoms with Crippen molar-refractivity contribution in [2.75, 3.05) is 14.1 Å². The van der Waals surface area contributed by atoms with Crippen LogP contribution in [0.3, 0.4) is 0 Å². The van der Waals surface area contributed by atoms with Crippen molar-refractivity contribution in [1.82, 2.24) is 45.0 Å². The van der Waals surface area contributed by atoms with Gasteiger partial charge in [0.1, 0.15) is 5.69 Å². The van der Waals surface area contributed by atoms with Gasteiger partial charge in [-0.15, -0.1) is 0 Å². The molecular weight excluding hydrogens is 426 g/mol. The lowest BCUT2D eigenvalue weighted by Crippen LogP contribution is -2.10. The number of rotatable bonds is 5. The Hall–Kier alpha value is -4.50. The molecule has 6 aromatic rings. The van der Waals surface area contributed by atoms with Gasteiger partial charge in [0.25, 0.3) is 0 Å². The number of hydrogen-bond acceptors (Lipinski definition) is 7. The van der Waals surface area contributed by atoms with Crippen molar-refractivity contribution in [2.24, 2.45) is 0 Å². The molecule has 0 radical (unpaired) electrons. The highest BCUT2D eigenvalue weighted by Gasteiger charge is 2.17. The van der Waals surface area contributed by atoms with Gasteiger partial charge in [-0.05, 0) is 55.6 Å². The molecule has 0 saturated heterocycles. The molecule has 6 aromatic heterocycles. The smallest absolute Gasteiger partial charge is 0.178 e. The normalized spacial score (nSPS) is 11.6. The molecule has 0 amide bonds. The Labute approximate surface area is 195 Å². The van der Waals surface area contributed by atoms with E-state index in [2.05, 4.69) is 46.1 Å². The van der Waals surface area contributed by atoms with Crippen molar-refractivity contribution < 1.29 is 0 Å². The molecule has 0 aromatic carbocycles. The number of nitrogens with one attached hydrogen (secondary N) is 2. The van der Waals surface area contributed by atoms with E-state index in [1.165, 1.54) is 0 Å². The van der Waals surface area contributed by atoms with Crippen molar-refractivity contribution in [3.05, 3.63) is 73.1 Å². The third-order valence-corrected chi connectivity index (χ3v) is 5.64. The van der Waals surface area contributed by atoms with E-state index < -0.39 is 0 Å². The fourth-order valence-corrected chi connectivity index (χ4v) is 4.13. The van der Waals surface area contributed by atoms with E-state index in [9.17, 15) is 0 Å². The summed E-state index contributed by atoms with van der Waals surface area (Å²) in [4.78, 5) is 27.9. The second kappa shape index (κ2) is 8.13. The summed E-state index contributed by atoms with van der Waals surface area (Å²) >= 11 is 0. The number of nitrogens with zero attached hydrogens (tertiary/aromatic N) is 7. The summed E-state index contributed by atoms with van der Waals surface area (Å²) in [6.45, 7) is 0.811. The van der Waals surface area contributed by atoms with Crippen LogP contribution in [0.4, 0.5) is 0 Å². The molecule has 6 heterocycles. The average Bonchev–Trinajstić information content (AvgIpc) is 3.48. The van der Waals surface area contributed by atoms with E-state index in [1.54, 1.807) is 24.8 Å². The third kappa shape index (κ3) is 3.57. The van der Waals surface area contributed by atoms with Gasteiger partial charge in [0, 0.05) is 54.0 Å². The Morgan fingerprint density at radius 1 is 0.882 bits per heavy atom. The van der Waals surface area contributed by atoms with E-state index in [4.69, 9.17) is 4.98 Å². The summed E-state index contributed by atoms with van der Waals surface area (Å²) in [5.74, 6) is 0.645. The summed E-state index contributed by atoms with van der Waals surface area (Å²) in [6.07, 6.45) is 10.8. The molecule has 0 bridgehead atoms. The van der Waals surface area contributed by atoms with Gasteiger partial charge in [-0.3, -0.25) is 20.1 Å². The Bertz CT molecular complexity index is 1620. The maximum atomic E-state index is 4.74. The highest BCUT2D eigenvalue weighted by molar-refractivity contribution is 5.96. The largest absolute Gasteiger partial charge is 0.335 e. The van der Waals surface area contributed by atoms with Crippen LogP contribution in [0.5, 0.6) is 0 Å². The maximum Gasteiger partial charge on any atom is 0.178 e. The molecule has 0 saturated carbocycles. The van der Waals surface area contributed by atoms with E-state index in [1.807, 2.05) is 50.8 Å². The molecule has 0 unspecified atom stereocenters. The topological polar surface area (TPSA) is 112 Å². The second-order valence-electron chi connectivity index (χ2n) is 8.39. The summed E-state index contributed by atoms with van der Waals surface area (Å²) in [6, 6.07) is 10.0. The highest BCUT2D eigenvalue weighted by Crippen LogP contribution is 2.31. The van der Waals surface area contributed by atoms with Gasteiger partial charge < -0.3 is 9.88 Å². The van der Waals surface area contributed by atoms with Gasteiger partial charge in [-0.25, -0.2) is 9.97 Å². The van der Waals surface area contributed by atoms with Crippen LogP contribution in [-0.4, -0.2) is 59.1 Å². The lowest BCUT2D eigenvalue weighted by molar-refractivity contribution is 0.402. The zero-order chi connectivity index (χ0) is 23.1. The van der Waals surface area contributed by atoms with Gasteiger partial charge in [-0.1, -0.05) is 0 Å². The standard InChI is InChI=1S/C25H21N9/c1-34(2)14-15-9-17(12-27-11-15)20-10-19-21(13-29-20)32-33-23(19)25-30-22-18(5-8-28-24(22)31-25)16-3-6-26-7-4-16/h3-13H,14H2,1-2H3,(H,32,33)(H,28,30,31). The maximum absolute atomic E-state index is 4.74. The van der Waals surface area contributed by atoms with Gasteiger partial charge in [0.15, 0.2) is 11.5 Å². The molecular formula is C25H21N9. The summed E-state index contributed by atoms with van der Waals surface area (Å²) < 4.78 is 0. The predicted octanol–water partition coefficient (Wildman–Crippen LogP) is 4.08. The van der Waals surface area contributed by atoms with Crippen LogP contribution in [0, 0.1) is 0 Å². The number of pyridine rings is 4. The molecule has 34 heavy (non-hydrogen) atoms. The average molecular weight is 448 g/mol. The number of fused-ring (bicyclic) bond motifs is 2. The molecule has 9 nitrogen and oxygen atoms in total. The van der Waals surface area contributed by atoms with Crippen molar-refractivity contribution in [3.8, 4) is 33.9 Å². The zero-order valence-electron chi connectivity index (χ0n) is 18.7. The van der Waals surface area contributed by atoms with E-state index in [-0.39, 0.29) is 0 Å². The number of hydrogen-bond donors (Lipinski definition) is 2. The molecule has 0 spiro atoms. The Morgan fingerprint density at radius 2 is 1.76 bits per heavy atom. The molecule has 166 valence electrons. The molecule has 0 aliphatic carbocycles. The van der Waals surface area contributed by atoms with Crippen LogP contribution in [0.1, 0.15) is 5.56 Å². The van der Waals surface area contributed by atoms with Gasteiger partial charge in [-0.2, -0.15) is 5.10 Å². The van der Waals surface area contributed by atoms with Crippen molar-refractivity contribution >= 4 is 22.1 Å². The number of aromatic amines is 2. The Balaban J connectivity index is 1.45. The minimum Gasteiger partial charge on any atom is -0.335 e. The van der Waals surface area contributed by atoms with Crippen molar-refractivity contribution in [3.63, 3.8) is 0 Å². The van der Waals surface area contributed by atoms with Crippen LogP contribution >= 0.6 is 0 Å². The minimum atomic E-state index is 0.635. The first kappa shape index (κ1) is 20.1. The Kier molecular flexibility index (Phi) is 4.81. The Morgan fingerprint density at radius 3 is 2.62 bits per heavy atom. The fraction of sp³-hybridized carbons (Fsp3) is 0.120. The summed E-state index contributed by atoms with van der Waals surface area (Å²) in [5, 5.41) is 8.53.